The van der Waals surface area contributed by atoms with E-state index in [2.05, 4.69) is 26.5 Å². The second kappa shape index (κ2) is 6.67. The summed E-state index contributed by atoms with van der Waals surface area (Å²) in [5, 5.41) is 0.588. The van der Waals surface area contributed by atoms with Gasteiger partial charge in [-0.1, -0.05) is 0 Å². The van der Waals surface area contributed by atoms with Crippen LogP contribution in [0.5, 0.6) is 0 Å². The van der Waals surface area contributed by atoms with Crippen LogP contribution in [0.2, 0.25) is 3.93 Å². The van der Waals surface area contributed by atoms with Gasteiger partial charge in [0.2, 0.25) is 0 Å². The molecule has 2 unspecified atom stereocenters. The Morgan fingerprint density at radius 2 is 1.71 bits per heavy atom. The molecule has 0 amide bonds. The molecule has 1 saturated carbocycles. The molecule has 0 heterocycles. The quantitative estimate of drug-likeness (QED) is 0.590. The Hall–Kier alpha value is 1.15. The van der Waals surface area contributed by atoms with Crippen LogP contribution in [0.4, 0.5) is 0 Å². The molecule has 3 radical (unpaired) electrons. The first-order chi connectivity index (χ1) is 6.59. The summed E-state index contributed by atoms with van der Waals surface area (Å²) in [6, 6.07) is 0. The molecule has 0 aromatic heterocycles. The molecule has 0 bridgehead atoms. The molecule has 81 valence electrons. The number of rotatable bonds is 4. The zero-order chi connectivity index (χ0) is 10.6. The zero-order valence-electron chi connectivity index (χ0n) is 9.50. The van der Waals surface area contributed by atoms with Crippen LogP contribution in [0, 0.1) is 11.8 Å². The predicted molar refractivity (Wildman–Crippen MR) is 68.3 cm³/mol. The topological polar surface area (TPSA) is 0 Å². The van der Waals surface area contributed by atoms with E-state index in [1.807, 2.05) is 0 Å². The number of hydrogen-bond donors (Lipinski definition) is 1. The maximum absolute atomic E-state index is 4.45. The summed E-state index contributed by atoms with van der Waals surface area (Å²) < 4.78 is 1.08. The predicted octanol–water partition coefficient (Wildman–Crippen LogP) is 3.87. The Labute approximate surface area is 108 Å². The van der Waals surface area contributed by atoms with Crippen LogP contribution in [-0.2, 0) is 0 Å². The fourth-order valence-electron chi connectivity index (χ4n) is 2.43. The third-order valence-corrected chi connectivity index (χ3v) is 5.52. The summed E-state index contributed by atoms with van der Waals surface area (Å²) in [5.74, 6) is 1.96. The molecule has 0 spiro atoms. The molecule has 2 heteroatoms. The average molecular weight is 318 g/mol. The Bertz CT molecular complexity index is 150. The van der Waals surface area contributed by atoms with E-state index in [-0.39, 0.29) is 0 Å². The second-order valence-electron chi connectivity index (χ2n) is 5.02. The van der Waals surface area contributed by atoms with Crippen LogP contribution in [0.3, 0.4) is 0 Å². The van der Waals surface area contributed by atoms with Gasteiger partial charge in [-0.2, -0.15) is 0 Å². The third-order valence-electron chi connectivity index (χ3n) is 3.62. The molecular weight excluding hydrogens is 295 g/mol. The van der Waals surface area contributed by atoms with Crippen molar-refractivity contribution in [3.8, 4) is 0 Å². The number of thiol groups is 1. The van der Waals surface area contributed by atoms with E-state index in [0.29, 0.717) is 5.25 Å². The van der Waals surface area contributed by atoms with E-state index < -0.39 is 0 Å². The van der Waals surface area contributed by atoms with Crippen LogP contribution in [0.25, 0.3) is 0 Å². The summed E-state index contributed by atoms with van der Waals surface area (Å²) in [6.45, 7) is 4.66. The van der Waals surface area contributed by atoms with Crippen molar-refractivity contribution in [3.05, 3.63) is 0 Å². The fourth-order valence-corrected chi connectivity index (χ4v) is 3.53. The van der Waals surface area contributed by atoms with E-state index in [1.165, 1.54) is 38.5 Å². The van der Waals surface area contributed by atoms with Crippen LogP contribution in [-0.4, -0.2) is 27.8 Å². The van der Waals surface area contributed by atoms with E-state index >= 15 is 0 Å². The van der Waals surface area contributed by atoms with Gasteiger partial charge in [0.1, 0.15) is 0 Å². The Balaban J connectivity index is 2.20. The molecule has 0 aliphatic heterocycles. The normalized spacial score (nSPS) is 32.6. The summed E-state index contributed by atoms with van der Waals surface area (Å²) in [5.41, 5.74) is 0. The molecule has 1 fully saturated rings. The molecule has 0 saturated heterocycles. The second-order valence-corrected chi connectivity index (χ2v) is 8.23. The van der Waals surface area contributed by atoms with Crippen molar-refractivity contribution in [3.63, 3.8) is 0 Å². The van der Waals surface area contributed by atoms with E-state index in [9.17, 15) is 0 Å². The van der Waals surface area contributed by atoms with Gasteiger partial charge < -0.3 is 0 Å². The molecule has 14 heavy (non-hydrogen) atoms. The van der Waals surface area contributed by atoms with Crippen molar-refractivity contribution >= 4 is 35.2 Å². The van der Waals surface area contributed by atoms with Crippen LogP contribution >= 0.6 is 12.6 Å². The average Bonchev–Trinajstić information content (AvgIpc) is 2.15. The molecule has 1 aliphatic carbocycles. The van der Waals surface area contributed by atoms with Gasteiger partial charge in [0, 0.05) is 0 Å². The fraction of sp³-hybridized carbons (Fsp3) is 1.00. The molecule has 1 aliphatic rings. The van der Waals surface area contributed by atoms with Crippen molar-refractivity contribution in [2.45, 2.75) is 61.6 Å². The maximum atomic E-state index is 4.45. The monoisotopic (exact) mass is 319 g/mol. The van der Waals surface area contributed by atoms with Gasteiger partial charge in [-0.25, -0.2) is 0 Å². The van der Waals surface area contributed by atoms with Crippen molar-refractivity contribution in [1.29, 1.82) is 0 Å². The number of hydrogen-bond acceptors (Lipinski definition) is 1. The summed E-state index contributed by atoms with van der Waals surface area (Å²) >= 11 is 6.22. The van der Waals surface area contributed by atoms with E-state index in [4.69, 9.17) is 0 Å². The zero-order valence-corrected chi connectivity index (χ0v) is 13.2. The summed E-state index contributed by atoms with van der Waals surface area (Å²) in [6.07, 6.45) is 8.68. The van der Waals surface area contributed by atoms with Crippen LogP contribution in [0.15, 0.2) is 0 Å². The standard InChI is InChI=1S/C12H23S.Sn/c1-10(8-9-11(2)13)12-6-4-3-5-7-12;/h3,10-13H,4-9H2,1-2H3;. The molecule has 0 nitrogen and oxygen atoms in total. The van der Waals surface area contributed by atoms with Gasteiger partial charge in [0.05, 0.1) is 0 Å². The Morgan fingerprint density at radius 1 is 1.14 bits per heavy atom. The van der Waals surface area contributed by atoms with Gasteiger partial charge in [-0.3, -0.25) is 0 Å². The van der Waals surface area contributed by atoms with E-state index in [0.717, 1.165) is 15.8 Å². The SMILES string of the molecule is CC(S)CCC(C)C1CC[CH]([Sn])CC1. The summed E-state index contributed by atoms with van der Waals surface area (Å²) in [4.78, 5) is 0. The molecule has 0 aromatic rings. The Kier molecular flexibility index (Phi) is 6.30. The minimum absolute atomic E-state index is 0.588. The van der Waals surface area contributed by atoms with E-state index in [1.54, 1.807) is 22.5 Å². The first-order valence-corrected chi connectivity index (χ1v) is 8.15. The van der Waals surface area contributed by atoms with Gasteiger partial charge in [-0.15, -0.1) is 0 Å². The minimum atomic E-state index is 0.588. The molecular formula is C12H23SSn. The molecule has 0 N–H and O–H groups in total. The molecule has 2 atom stereocenters. The first kappa shape index (κ1) is 13.2. The third kappa shape index (κ3) is 4.78. The first-order valence-electron chi connectivity index (χ1n) is 5.98. The van der Waals surface area contributed by atoms with Crippen molar-refractivity contribution in [2.75, 3.05) is 0 Å². The van der Waals surface area contributed by atoms with Crippen molar-refractivity contribution in [2.24, 2.45) is 11.8 Å². The van der Waals surface area contributed by atoms with Crippen molar-refractivity contribution < 1.29 is 0 Å². The Morgan fingerprint density at radius 3 is 2.21 bits per heavy atom. The van der Waals surface area contributed by atoms with Crippen LogP contribution < -0.4 is 0 Å². The molecule has 0 aromatic carbocycles. The molecule has 1 rings (SSSR count). The van der Waals surface area contributed by atoms with Crippen LogP contribution in [0.1, 0.15) is 52.4 Å². The van der Waals surface area contributed by atoms with Gasteiger partial charge in [0.15, 0.2) is 0 Å². The van der Waals surface area contributed by atoms with Gasteiger partial charge in [0.25, 0.3) is 0 Å². The van der Waals surface area contributed by atoms with Crippen molar-refractivity contribution in [1.82, 2.24) is 0 Å². The van der Waals surface area contributed by atoms with Gasteiger partial charge >= 0.3 is 109 Å². The van der Waals surface area contributed by atoms with Gasteiger partial charge in [-0.05, 0) is 0 Å². The summed E-state index contributed by atoms with van der Waals surface area (Å²) in [7, 11) is 0.